The minimum Gasteiger partial charge on any atom is -0.385 e. The van der Waals surface area contributed by atoms with Crippen LogP contribution in [-0.2, 0) is 14.6 Å². The molecular weight excluding hydrogens is 352 g/mol. The number of hydrogen-bond acceptors (Lipinski definition) is 5. The van der Waals surface area contributed by atoms with E-state index in [9.17, 15) is 8.42 Å². The fourth-order valence-corrected chi connectivity index (χ4v) is 5.10. The van der Waals surface area contributed by atoms with E-state index in [4.69, 9.17) is 9.73 Å². The minimum atomic E-state index is -2.81. The van der Waals surface area contributed by atoms with Crippen molar-refractivity contribution in [2.75, 3.05) is 64.5 Å². The quantitative estimate of drug-likeness (QED) is 0.450. The monoisotopic (exact) mass is 388 g/mol. The molecule has 1 saturated heterocycles. The van der Waals surface area contributed by atoms with Crippen LogP contribution in [0.2, 0.25) is 0 Å². The van der Waals surface area contributed by atoms with Crippen LogP contribution in [0.3, 0.4) is 0 Å². The normalized spacial score (nSPS) is 23.1. The first-order chi connectivity index (χ1) is 12.5. The molecule has 2 rings (SSSR count). The second-order valence-corrected chi connectivity index (χ2v) is 9.87. The van der Waals surface area contributed by atoms with Gasteiger partial charge in [-0.1, -0.05) is 12.8 Å². The molecule has 0 bridgehead atoms. The van der Waals surface area contributed by atoms with Crippen molar-refractivity contribution in [2.45, 2.75) is 39.0 Å². The topological polar surface area (TPSA) is 83.0 Å². The van der Waals surface area contributed by atoms with Crippen LogP contribution in [0.4, 0.5) is 0 Å². The summed E-state index contributed by atoms with van der Waals surface area (Å²) in [5.74, 6) is 1.42. The summed E-state index contributed by atoms with van der Waals surface area (Å²) in [5.41, 5.74) is 0.291. The standard InChI is InChI=1S/C18H36N4O3S/c1-3-19-17(20-9-10-22-11-14-26(23,24)15-12-22)21-16-18(8-13-25-2)6-4-5-7-18/h3-16H2,1-2H3,(H2,19,20,21). The maximum atomic E-state index is 11.5. The van der Waals surface area contributed by atoms with Gasteiger partial charge in [0.2, 0.25) is 0 Å². The summed E-state index contributed by atoms with van der Waals surface area (Å²) in [5, 5.41) is 6.73. The average Bonchev–Trinajstić information content (AvgIpc) is 3.08. The predicted molar refractivity (Wildman–Crippen MR) is 106 cm³/mol. The number of nitrogens with zero attached hydrogens (tertiary/aromatic N) is 2. The Bertz CT molecular complexity index is 531. The van der Waals surface area contributed by atoms with Crippen molar-refractivity contribution in [1.29, 1.82) is 0 Å². The van der Waals surface area contributed by atoms with Gasteiger partial charge in [0.1, 0.15) is 0 Å². The lowest BCUT2D eigenvalue weighted by Gasteiger charge is -2.28. The molecule has 0 unspecified atom stereocenters. The fourth-order valence-electron chi connectivity index (χ4n) is 3.83. The fraction of sp³-hybridized carbons (Fsp3) is 0.944. The molecule has 2 fully saturated rings. The summed E-state index contributed by atoms with van der Waals surface area (Å²) in [6.45, 7) is 7.44. The molecule has 0 atom stereocenters. The van der Waals surface area contributed by atoms with E-state index in [1.807, 2.05) is 0 Å². The van der Waals surface area contributed by atoms with Gasteiger partial charge in [0.05, 0.1) is 11.5 Å². The second-order valence-electron chi connectivity index (χ2n) is 7.57. The summed E-state index contributed by atoms with van der Waals surface area (Å²) in [6, 6.07) is 0. The third kappa shape index (κ3) is 7.04. The molecular formula is C18H36N4O3S. The van der Waals surface area contributed by atoms with Crippen LogP contribution < -0.4 is 10.6 Å². The smallest absolute Gasteiger partial charge is 0.191 e. The van der Waals surface area contributed by atoms with Crippen LogP contribution in [0.15, 0.2) is 4.99 Å². The largest absolute Gasteiger partial charge is 0.385 e. The van der Waals surface area contributed by atoms with Gasteiger partial charge >= 0.3 is 0 Å². The molecule has 152 valence electrons. The SMILES string of the molecule is CCNC(=NCC1(CCOC)CCCC1)NCCN1CCS(=O)(=O)CC1. The van der Waals surface area contributed by atoms with Crippen molar-refractivity contribution in [3.63, 3.8) is 0 Å². The molecule has 1 aliphatic carbocycles. The van der Waals surface area contributed by atoms with Crippen LogP contribution in [0.1, 0.15) is 39.0 Å². The van der Waals surface area contributed by atoms with Gasteiger partial charge < -0.3 is 15.4 Å². The van der Waals surface area contributed by atoms with Crippen molar-refractivity contribution in [3.8, 4) is 0 Å². The lowest BCUT2D eigenvalue weighted by molar-refractivity contribution is 0.141. The maximum absolute atomic E-state index is 11.5. The Balaban J connectivity index is 1.80. The van der Waals surface area contributed by atoms with Crippen LogP contribution in [0.5, 0.6) is 0 Å². The van der Waals surface area contributed by atoms with Gasteiger partial charge in [-0.25, -0.2) is 8.42 Å². The molecule has 26 heavy (non-hydrogen) atoms. The van der Waals surface area contributed by atoms with E-state index < -0.39 is 9.84 Å². The summed E-state index contributed by atoms with van der Waals surface area (Å²) in [7, 11) is -1.04. The van der Waals surface area contributed by atoms with Gasteiger partial charge in [0.15, 0.2) is 15.8 Å². The van der Waals surface area contributed by atoms with E-state index >= 15 is 0 Å². The van der Waals surface area contributed by atoms with Gasteiger partial charge in [-0.2, -0.15) is 0 Å². The summed E-state index contributed by atoms with van der Waals surface area (Å²) in [4.78, 5) is 7.05. The number of hydrogen-bond donors (Lipinski definition) is 2. The second kappa shape index (κ2) is 10.5. The molecule has 1 saturated carbocycles. The van der Waals surface area contributed by atoms with E-state index in [0.717, 1.165) is 45.2 Å². The van der Waals surface area contributed by atoms with Gasteiger partial charge in [-0.15, -0.1) is 0 Å². The Hall–Kier alpha value is -0.860. The molecule has 8 heteroatoms. The highest BCUT2D eigenvalue weighted by Gasteiger charge is 2.33. The van der Waals surface area contributed by atoms with Gasteiger partial charge in [-0.3, -0.25) is 9.89 Å². The Kier molecular flexibility index (Phi) is 8.63. The number of aliphatic imine (C=N–C) groups is 1. The highest BCUT2D eigenvalue weighted by molar-refractivity contribution is 7.91. The Morgan fingerprint density at radius 2 is 1.88 bits per heavy atom. The van der Waals surface area contributed by atoms with Crippen molar-refractivity contribution in [2.24, 2.45) is 10.4 Å². The molecule has 0 aromatic carbocycles. The van der Waals surface area contributed by atoms with Gasteiger partial charge in [-0.05, 0) is 31.6 Å². The van der Waals surface area contributed by atoms with Crippen LogP contribution >= 0.6 is 0 Å². The summed E-state index contributed by atoms with van der Waals surface area (Å²) in [6.07, 6.45) is 6.14. The van der Waals surface area contributed by atoms with E-state index in [1.165, 1.54) is 25.7 Å². The number of sulfone groups is 1. The van der Waals surface area contributed by atoms with Crippen molar-refractivity contribution < 1.29 is 13.2 Å². The maximum Gasteiger partial charge on any atom is 0.191 e. The highest BCUT2D eigenvalue weighted by atomic mass is 32.2. The van der Waals surface area contributed by atoms with Gasteiger partial charge in [0, 0.05) is 53.0 Å². The summed E-state index contributed by atoms with van der Waals surface area (Å²) >= 11 is 0. The predicted octanol–water partition coefficient (Wildman–Crippen LogP) is 0.869. The Morgan fingerprint density at radius 3 is 2.50 bits per heavy atom. The molecule has 0 amide bonds. The minimum absolute atomic E-state index is 0.281. The molecule has 0 radical (unpaired) electrons. The number of guanidine groups is 1. The number of ether oxygens (including phenoxy) is 1. The molecule has 0 aromatic heterocycles. The van der Waals surface area contributed by atoms with Crippen LogP contribution in [0.25, 0.3) is 0 Å². The first kappa shape index (κ1) is 21.4. The molecule has 0 aromatic rings. The van der Waals surface area contributed by atoms with E-state index in [0.29, 0.717) is 18.5 Å². The number of methoxy groups -OCH3 is 1. The van der Waals surface area contributed by atoms with E-state index in [-0.39, 0.29) is 11.5 Å². The molecule has 0 spiro atoms. The molecule has 7 nitrogen and oxygen atoms in total. The third-order valence-electron chi connectivity index (χ3n) is 5.58. The van der Waals surface area contributed by atoms with E-state index in [1.54, 1.807) is 7.11 Å². The lowest BCUT2D eigenvalue weighted by Crippen LogP contribution is -2.46. The van der Waals surface area contributed by atoms with Crippen molar-refractivity contribution in [1.82, 2.24) is 15.5 Å². The average molecular weight is 389 g/mol. The molecule has 1 aliphatic heterocycles. The Labute approximate surface area is 158 Å². The first-order valence-electron chi connectivity index (χ1n) is 9.92. The molecule has 2 aliphatic rings. The zero-order valence-electron chi connectivity index (χ0n) is 16.4. The zero-order chi connectivity index (χ0) is 18.9. The molecule has 1 heterocycles. The first-order valence-corrected chi connectivity index (χ1v) is 11.7. The number of rotatable bonds is 9. The highest BCUT2D eigenvalue weighted by Crippen LogP contribution is 2.41. The Morgan fingerprint density at radius 1 is 1.19 bits per heavy atom. The number of nitrogens with one attached hydrogen (secondary N) is 2. The van der Waals surface area contributed by atoms with E-state index in [2.05, 4.69) is 22.5 Å². The van der Waals surface area contributed by atoms with Crippen molar-refractivity contribution in [3.05, 3.63) is 0 Å². The van der Waals surface area contributed by atoms with Crippen LogP contribution in [0, 0.1) is 5.41 Å². The lowest BCUT2D eigenvalue weighted by atomic mass is 9.83. The van der Waals surface area contributed by atoms with Gasteiger partial charge in [0.25, 0.3) is 0 Å². The molecule has 2 N–H and O–H groups in total. The van der Waals surface area contributed by atoms with Crippen LogP contribution in [-0.4, -0.2) is 83.8 Å². The van der Waals surface area contributed by atoms with Crippen molar-refractivity contribution >= 4 is 15.8 Å². The summed E-state index contributed by atoms with van der Waals surface area (Å²) < 4.78 is 28.3. The third-order valence-corrected chi connectivity index (χ3v) is 7.18. The zero-order valence-corrected chi connectivity index (χ0v) is 17.2.